The molecule has 0 saturated carbocycles. The molecule has 144 valence electrons. The van der Waals surface area contributed by atoms with Crippen LogP contribution < -0.4 is 14.8 Å². The van der Waals surface area contributed by atoms with Crippen molar-refractivity contribution in [2.24, 2.45) is 0 Å². The van der Waals surface area contributed by atoms with E-state index in [1.807, 2.05) is 6.07 Å². The third kappa shape index (κ3) is 3.64. The van der Waals surface area contributed by atoms with E-state index in [1.165, 1.54) is 16.6 Å². The maximum absolute atomic E-state index is 12.6. The molecule has 1 aromatic carbocycles. The topological polar surface area (TPSA) is 110 Å². The summed E-state index contributed by atoms with van der Waals surface area (Å²) in [5, 5.41) is 2.76. The minimum absolute atomic E-state index is 0.0672. The molecular formula is C17H19N3O6S. The Bertz CT molecular complexity index is 949. The lowest BCUT2D eigenvalue weighted by Crippen LogP contribution is -2.40. The molecule has 4 rings (SSSR count). The first kappa shape index (κ1) is 17.8. The average molecular weight is 393 g/mol. The summed E-state index contributed by atoms with van der Waals surface area (Å²) >= 11 is 0. The molecule has 0 bridgehead atoms. The second-order valence-corrected chi connectivity index (χ2v) is 8.07. The van der Waals surface area contributed by atoms with E-state index >= 15 is 0 Å². The Morgan fingerprint density at radius 2 is 1.93 bits per heavy atom. The fourth-order valence-corrected chi connectivity index (χ4v) is 4.32. The Hall–Kier alpha value is -2.56. The zero-order chi connectivity index (χ0) is 18.9. The van der Waals surface area contributed by atoms with E-state index in [1.54, 1.807) is 12.1 Å². The van der Waals surface area contributed by atoms with Gasteiger partial charge in [-0.25, -0.2) is 8.42 Å². The summed E-state index contributed by atoms with van der Waals surface area (Å²) in [5.41, 5.74) is 1.03. The molecule has 0 aliphatic carbocycles. The van der Waals surface area contributed by atoms with Gasteiger partial charge >= 0.3 is 0 Å². The molecule has 2 aromatic rings. The Kier molecular flexibility index (Phi) is 4.77. The lowest BCUT2D eigenvalue weighted by molar-refractivity contribution is 0.0730. The number of hydrogen-bond acceptors (Lipinski definition) is 6. The van der Waals surface area contributed by atoms with Gasteiger partial charge in [0.05, 0.1) is 13.2 Å². The Balaban J connectivity index is 1.41. The number of sulfonamides is 1. The van der Waals surface area contributed by atoms with Crippen LogP contribution in [0.4, 0.5) is 0 Å². The quantitative estimate of drug-likeness (QED) is 0.774. The minimum atomic E-state index is -3.64. The van der Waals surface area contributed by atoms with E-state index in [-0.39, 0.29) is 23.9 Å². The van der Waals surface area contributed by atoms with Crippen LogP contribution in [0.2, 0.25) is 0 Å². The summed E-state index contributed by atoms with van der Waals surface area (Å²) in [6, 6.07) is 6.76. The molecule has 2 aliphatic heterocycles. The third-order valence-electron chi connectivity index (χ3n) is 4.40. The van der Waals surface area contributed by atoms with Crippen molar-refractivity contribution in [2.75, 3.05) is 33.1 Å². The van der Waals surface area contributed by atoms with Crippen LogP contribution in [0.1, 0.15) is 16.1 Å². The molecule has 1 aromatic heterocycles. The summed E-state index contributed by atoms with van der Waals surface area (Å²) in [6.07, 6.45) is 1.33. The molecule has 9 nitrogen and oxygen atoms in total. The van der Waals surface area contributed by atoms with Gasteiger partial charge in [0.15, 0.2) is 11.5 Å². The van der Waals surface area contributed by atoms with Crippen LogP contribution in [0.3, 0.4) is 0 Å². The maximum Gasteiger partial charge on any atom is 0.268 e. The number of carbonyl (C=O) groups excluding carboxylic acids is 1. The van der Waals surface area contributed by atoms with Crippen LogP contribution in [-0.4, -0.2) is 56.7 Å². The van der Waals surface area contributed by atoms with Crippen molar-refractivity contribution < 1.29 is 27.4 Å². The minimum Gasteiger partial charge on any atom is -0.454 e. The Labute approximate surface area is 156 Å². The van der Waals surface area contributed by atoms with Gasteiger partial charge in [-0.15, -0.1) is 0 Å². The van der Waals surface area contributed by atoms with Crippen LogP contribution in [0.5, 0.6) is 11.5 Å². The highest BCUT2D eigenvalue weighted by atomic mass is 32.2. The van der Waals surface area contributed by atoms with E-state index in [0.29, 0.717) is 37.8 Å². The number of carbonyl (C=O) groups is 1. The number of benzene rings is 1. The summed E-state index contributed by atoms with van der Waals surface area (Å²) in [7, 11) is -3.64. The van der Waals surface area contributed by atoms with Crippen LogP contribution in [0.15, 0.2) is 35.4 Å². The van der Waals surface area contributed by atoms with Crippen molar-refractivity contribution in [2.45, 2.75) is 11.4 Å². The van der Waals surface area contributed by atoms with Gasteiger partial charge in [-0.1, -0.05) is 6.07 Å². The molecule has 0 atom stereocenters. The van der Waals surface area contributed by atoms with E-state index < -0.39 is 15.9 Å². The number of nitrogens with zero attached hydrogens (tertiary/aromatic N) is 1. The molecular weight excluding hydrogens is 374 g/mol. The number of hydrogen-bond donors (Lipinski definition) is 2. The largest absolute Gasteiger partial charge is 0.454 e. The smallest absolute Gasteiger partial charge is 0.268 e. The monoisotopic (exact) mass is 393 g/mol. The number of fused-ring (bicyclic) bond motifs is 1. The van der Waals surface area contributed by atoms with Gasteiger partial charge in [-0.05, 0) is 23.8 Å². The summed E-state index contributed by atoms with van der Waals surface area (Å²) in [4.78, 5) is 15.1. The molecule has 27 heavy (non-hydrogen) atoms. The maximum atomic E-state index is 12.6. The van der Waals surface area contributed by atoms with Crippen molar-refractivity contribution in [1.29, 1.82) is 0 Å². The zero-order valence-electron chi connectivity index (χ0n) is 14.4. The number of amides is 1. The lowest BCUT2D eigenvalue weighted by atomic mass is 10.2. The number of rotatable bonds is 5. The fraction of sp³-hybridized carbons (Fsp3) is 0.353. The highest BCUT2D eigenvalue weighted by molar-refractivity contribution is 7.89. The second kappa shape index (κ2) is 7.22. The number of H-pyrrole nitrogens is 1. The van der Waals surface area contributed by atoms with Gasteiger partial charge in [-0.2, -0.15) is 4.31 Å². The normalized spacial score (nSPS) is 17.0. The van der Waals surface area contributed by atoms with Gasteiger partial charge in [0, 0.05) is 25.8 Å². The Morgan fingerprint density at radius 1 is 1.15 bits per heavy atom. The van der Waals surface area contributed by atoms with Crippen molar-refractivity contribution in [1.82, 2.24) is 14.6 Å². The summed E-state index contributed by atoms with van der Waals surface area (Å²) < 4.78 is 42.3. The number of aromatic amines is 1. The van der Waals surface area contributed by atoms with Crippen LogP contribution in [0.25, 0.3) is 0 Å². The van der Waals surface area contributed by atoms with E-state index in [9.17, 15) is 13.2 Å². The Morgan fingerprint density at radius 3 is 2.74 bits per heavy atom. The predicted octanol–water partition coefficient (Wildman–Crippen LogP) is 0.694. The van der Waals surface area contributed by atoms with Crippen molar-refractivity contribution >= 4 is 15.9 Å². The van der Waals surface area contributed by atoms with Gasteiger partial charge < -0.3 is 24.5 Å². The number of ether oxygens (including phenoxy) is 3. The SMILES string of the molecule is O=C(NCc1ccc2c(c1)OCO2)c1cc(S(=O)(=O)N2CCOCC2)c[nH]1. The van der Waals surface area contributed by atoms with Gasteiger partial charge in [-0.3, -0.25) is 4.79 Å². The van der Waals surface area contributed by atoms with Crippen molar-refractivity contribution in [3.63, 3.8) is 0 Å². The highest BCUT2D eigenvalue weighted by Gasteiger charge is 2.28. The molecule has 2 aliphatic rings. The summed E-state index contributed by atoms with van der Waals surface area (Å²) in [5.74, 6) is 0.920. The van der Waals surface area contributed by atoms with Crippen LogP contribution in [0, 0.1) is 0 Å². The van der Waals surface area contributed by atoms with Gasteiger partial charge in [0.1, 0.15) is 10.6 Å². The van der Waals surface area contributed by atoms with Crippen molar-refractivity contribution in [3.05, 3.63) is 41.7 Å². The second-order valence-electron chi connectivity index (χ2n) is 6.14. The molecule has 2 N–H and O–H groups in total. The summed E-state index contributed by atoms with van der Waals surface area (Å²) in [6.45, 7) is 1.81. The highest BCUT2D eigenvalue weighted by Crippen LogP contribution is 2.32. The number of aromatic nitrogens is 1. The predicted molar refractivity (Wildman–Crippen MR) is 94.1 cm³/mol. The molecule has 0 unspecified atom stereocenters. The van der Waals surface area contributed by atoms with Gasteiger partial charge in [0.2, 0.25) is 16.8 Å². The molecule has 10 heteroatoms. The lowest BCUT2D eigenvalue weighted by Gasteiger charge is -2.25. The molecule has 1 fully saturated rings. The molecule has 0 radical (unpaired) electrons. The number of morpholine rings is 1. The van der Waals surface area contributed by atoms with Crippen LogP contribution in [-0.2, 0) is 21.3 Å². The molecule has 3 heterocycles. The standard InChI is InChI=1S/C17H19N3O6S/c21-17(19-9-12-1-2-15-16(7-12)26-11-25-15)14-8-13(10-18-14)27(22,23)20-3-5-24-6-4-20/h1-2,7-8,10,18H,3-6,9,11H2,(H,19,21). The number of nitrogens with one attached hydrogen (secondary N) is 2. The molecule has 1 amide bonds. The first-order valence-electron chi connectivity index (χ1n) is 8.47. The van der Waals surface area contributed by atoms with Crippen LogP contribution >= 0.6 is 0 Å². The third-order valence-corrected chi connectivity index (χ3v) is 6.28. The van der Waals surface area contributed by atoms with E-state index in [4.69, 9.17) is 14.2 Å². The average Bonchev–Trinajstić information content (AvgIpc) is 3.36. The molecule has 0 spiro atoms. The first-order chi connectivity index (χ1) is 13.0. The molecule has 1 saturated heterocycles. The van der Waals surface area contributed by atoms with Crippen molar-refractivity contribution in [3.8, 4) is 11.5 Å². The van der Waals surface area contributed by atoms with E-state index in [0.717, 1.165) is 5.56 Å². The fourth-order valence-electron chi connectivity index (χ4n) is 2.92. The first-order valence-corrected chi connectivity index (χ1v) is 9.91. The van der Waals surface area contributed by atoms with Gasteiger partial charge in [0.25, 0.3) is 5.91 Å². The zero-order valence-corrected chi connectivity index (χ0v) is 15.3. The van der Waals surface area contributed by atoms with E-state index in [2.05, 4.69) is 10.3 Å².